The van der Waals surface area contributed by atoms with Gasteiger partial charge in [-0.2, -0.15) is 0 Å². The third kappa shape index (κ3) is 3.61. The molecule has 1 aromatic carbocycles. The molecule has 0 aliphatic carbocycles. The van der Waals surface area contributed by atoms with Gasteiger partial charge in [0.05, 0.1) is 18.7 Å². The van der Waals surface area contributed by atoms with E-state index >= 15 is 0 Å². The predicted octanol–water partition coefficient (Wildman–Crippen LogP) is 3.56. The van der Waals surface area contributed by atoms with E-state index in [1.807, 2.05) is 12.1 Å². The molecule has 2 rings (SSSR count). The van der Waals surface area contributed by atoms with Crippen molar-refractivity contribution in [3.05, 3.63) is 41.2 Å². The molecule has 0 saturated heterocycles. The molecule has 1 heterocycles. The van der Waals surface area contributed by atoms with Gasteiger partial charge in [-0.25, -0.2) is 0 Å². The first-order chi connectivity index (χ1) is 11.5. The van der Waals surface area contributed by atoms with E-state index in [1.54, 1.807) is 24.1 Å². The smallest absolute Gasteiger partial charge is 0.290 e. The van der Waals surface area contributed by atoms with Gasteiger partial charge < -0.3 is 14.7 Å². The number of ketones is 1. The van der Waals surface area contributed by atoms with Crippen LogP contribution >= 0.6 is 0 Å². The summed E-state index contributed by atoms with van der Waals surface area (Å²) < 4.78 is 5.16. The Hall–Kier alpha value is -2.30. The van der Waals surface area contributed by atoms with Gasteiger partial charge in [-0.05, 0) is 31.0 Å². The molecule has 0 radical (unpaired) electrons. The molecule has 1 N–H and O–H groups in total. The lowest BCUT2D eigenvalue weighted by Crippen LogP contribution is -2.32. The summed E-state index contributed by atoms with van der Waals surface area (Å²) in [5.41, 5.74) is 0.981. The highest BCUT2D eigenvalue weighted by Crippen LogP contribution is 2.38. The van der Waals surface area contributed by atoms with Gasteiger partial charge in [0.1, 0.15) is 5.75 Å². The van der Waals surface area contributed by atoms with Crippen molar-refractivity contribution in [1.29, 1.82) is 0 Å². The van der Waals surface area contributed by atoms with E-state index < -0.39 is 17.7 Å². The first-order valence-electron chi connectivity index (χ1n) is 8.40. The van der Waals surface area contributed by atoms with Gasteiger partial charge in [0.2, 0.25) is 0 Å². The first-order valence-corrected chi connectivity index (χ1v) is 8.40. The van der Waals surface area contributed by atoms with Crippen LogP contribution in [-0.4, -0.2) is 35.4 Å². The van der Waals surface area contributed by atoms with Crippen molar-refractivity contribution >= 4 is 11.7 Å². The minimum atomic E-state index is -0.525. The van der Waals surface area contributed by atoms with Crippen LogP contribution in [0.25, 0.3) is 0 Å². The molecule has 1 amide bonds. The zero-order chi connectivity index (χ0) is 17.7. The number of rotatable bonds is 8. The Morgan fingerprint density at radius 2 is 1.88 bits per heavy atom. The molecule has 0 saturated carbocycles. The fourth-order valence-electron chi connectivity index (χ4n) is 3.09. The molecule has 0 unspecified atom stereocenters. The summed E-state index contributed by atoms with van der Waals surface area (Å²) in [6.07, 6.45) is 4.09. The van der Waals surface area contributed by atoms with Gasteiger partial charge in [0.25, 0.3) is 5.91 Å². The van der Waals surface area contributed by atoms with Crippen LogP contribution in [0.4, 0.5) is 0 Å². The van der Waals surface area contributed by atoms with Crippen molar-refractivity contribution < 1.29 is 19.4 Å². The summed E-state index contributed by atoms with van der Waals surface area (Å²) in [6.45, 7) is 4.04. The molecule has 1 aliphatic heterocycles. The third-order valence-electron chi connectivity index (χ3n) is 4.37. The number of methoxy groups -OCH3 is 1. The number of hydrogen-bond donors (Lipinski definition) is 1. The number of carbonyl (C=O) groups is 2. The number of Topliss-reactive ketones (excluding diaryl/α,β-unsaturated/α-hetero) is 1. The molecule has 24 heavy (non-hydrogen) atoms. The highest BCUT2D eigenvalue weighted by molar-refractivity contribution is 6.08. The molecule has 0 fully saturated rings. The van der Waals surface area contributed by atoms with Crippen LogP contribution < -0.4 is 4.74 Å². The van der Waals surface area contributed by atoms with Crippen LogP contribution in [-0.2, 0) is 9.59 Å². The van der Waals surface area contributed by atoms with Gasteiger partial charge in [-0.1, -0.05) is 38.3 Å². The van der Waals surface area contributed by atoms with E-state index in [0.29, 0.717) is 12.3 Å². The lowest BCUT2D eigenvalue weighted by Gasteiger charge is -2.26. The van der Waals surface area contributed by atoms with Crippen molar-refractivity contribution in [2.75, 3.05) is 13.7 Å². The Labute approximate surface area is 142 Å². The van der Waals surface area contributed by atoms with Gasteiger partial charge in [0, 0.05) is 6.54 Å². The van der Waals surface area contributed by atoms with Crippen molar-refractivity contribution in [3.63, 3.8) is 0 Å². The average Bonchev–Trinajstić information content (AvgIpc) is 2.83. The molecule has 130 valence electrons. The number of benzene rings is 1. The van der Waals surface area contributed by atoms with E-state index in [4.69, 9.17) is 4.74 Å². The second kappa shape index (κ2) is 7.99. The fourth-order valence-corrected chi connectivity index (χ4v) is 3.09. The number of amides is 1. The maximum atomic E-state index is 12.4. The normalized spacial score (nSPS) is 17.5. The Morgan fingerprint density at radius 1 is 1.21 bits per heavy atom. The van der Waals surface area contributed by atoms with Crippen LogP contribution in [0.1, 0.15) is 51.1 Å². The largest absolute Gasteiger partial charge is 0.503 e. The van der Waals surface area contributed by atoms with Crippen LogP contribution in [0.3, 0.4) is 0 Å². The predicted molar refractivity (Wildman–Crippen MR) is 91.9 cm³/mol. The number of unbranched alkanes of at least 4 members (excludes halogenated alkanes) is 3. The molecule has 5 nitrogen and oxygen atoms in total. The second-order valence-corrected chi connectivity index (χ2v) is 6.05. The van der Waals surface area contributed by atoms with Crippen LogP contribution in [0.5, 0.6) is 5.75 Å². The molecule has 0 aromatic heterocycles. The molecule has 1 aliphatic rings. The summed E-state index contributed by atoms with van der Waals surface area (Å²) in [7, 11) is 1.58. The molecule has 0 bridgehead atoms. The number of ether oxygens (including phenoxy) is 1. The topological polar surface area (TPSA) is 66.8 Å². The summed E-state index contributed by atoms with van der Waals surface area (Å²) in [6, 6.07) is 6.72. The Kier molecular flexibility index (Phi) is 6.01. The zero-order valence-corrected chi connectivity index (χ0v) is 14.5. The molecule has 1 atom stereocenters. The van der Waals surface area contributed by atoms with Gasteiger partial charge >= 0.3 is 0 Å². The summed E-state index contributed by atoms with van der Waals surface area (Å²) >= 11 is 0. The van der Waals surface area contributed by atoms with E-state index in [1.165, 1.54) is 6.92 Å². The minimum Gasteiger partial charge on any atom is -0.503 e. The number of carbonyl (C=O) groups excluding carboxylic acids is 2. The SMILES string of the molecule is CCCCCCN1C(=O)C(O)=C(C(C)=O)[C@H]1c1ccc(OC)cc1. The maximum Gasteiger partial charge on any atom is 0.290 e. The second-order valence-electron chi connectivity index (χ2n) is 6.05. The van der Waals surface area contributed by atoms with Crippen molar-refractivity contribution in [3.8, 4) is 5.75 Å². The molecule has 1 aromatic rings. The molecular formula is C19H25NO4. The Morgan fingerprint density at radius 3 is 2.42 bits per heavy atom. The van der Waals surface area contributed by atoms with Gasteiger partial charge in [-0.3, -0.25) is 9.59 Å². The highest BCUT2D eigenvalue weighted by atomic mass is 16.5. The first kappa shape index (κ1) is 18.0. The Bertz CT molecular complexity index is 633. The molecular weight excluding hydrogens is 306 g/mol. The lowest BCUT2D eigenvalue weighted by molar-refractivity contribution is -0.129. The van der Waals surface area contributed by atoms with Crippen LogP contribution in [0, 0.1) is 0 Å². The maximum absolute atomic E-state index is 12.4. The quantitative estimate of drug-likeness (QED) is 0.740. The fraction of sp³-hybridized carbons (Fsp3) is 0.474. The van der Waals surface area contributed by atoms with Crippen molar-refractivity contribution in [1.82, 2.24) is 4.90 Å². The zero-order valence-electron chi connectivity index (χ0n) is 14.5. The summed E-state index contributed by atoms with van der Waals surface area (Å²) in [4.78, 5) is 26.0. The van der Waals surface area contributed by atoms with Crippen molar-refractivity contribution in [2.45, 2.75) is 45.6 Å². The summed E-state index contributed by atoms with van der Waals surface area (Å²) in [5, 5.41) is 10.2. The number of aliphatic hydroxyl groups excluding tert-OH is 1. The lowest BCUT2D eigenvalue weighted by atomic mass is 9.96. The average molecular weight is 331 g/mol. The van der Waals surface area contributed by atoms with Gasteiger partial charge in [-0.15, -0.1) is 0 Å². The van der Waals surface area contributed by atoms with Gasteiger partial charge in [0.15, 0.2) is 11.5 Å². The van der Waals surface area contributed by atoms with Crippen molar-refractivity contribution in [2.24, 2.45) is 0 Å². The number of aliphatic hydroxyl groups is 1. The number of hydrogen-bond acceptors (Lipinski definition) is 4. The summed E-state index contributed by atoms with van der Waals surface area (Å²) in [5.74, 6) is -0.454. The molecule has 5 heteroatoms. The van der Waals surface area contributed by atoms with Crippen LogP contribution in [0.2, 0.25) is 0 Å². The molecule has 0 spiro atoms. The van der Waals surface area contributed by atoms with E-state index in [-0.39, 0.29) is 11.4 Å². The minimum absolute atomic E-state index is 0.181. The standard InChI is InChI=1S/C19H25NO4/c1-4-5-6-7-12-20-17(14-8-10-15(24-3)11-9-14)16(13(2)21)18(22)19(20)23/h8-11,17,22H,4-7,12H2,1-3H3/t17-/m1/s1. The Balaban J connectivity index is 2.31. The van der Waals surface area contributed by atoms with E-state index in [0.717, 1.165) is 31.2 Å². The third-order valence-corrected chi connectivity index (χ3v) is 4.37. The monoisotopic (exact) mass is 331 g/mol. The van der Waals surface area contributed by atoms with Crippen LogP contribution in [0.15, 0.2) is 35.6 Å². The van der Waals surface area contributed by atoms with E-state index in [9.17, 15) is 14.7 Å². The van der Waals surface area contributed by atoms with E-state index in [2.05, 4.69) is 6.92 Å². The number of nitrogens with zero attached hydrogens (tertiary/aromatic N) is 1. The highest BCUT2D eigenvalue weighted by Gasteiger charge is 2.41.